The van der Waals surface area contributed by atoms with E-state index in [1.165, 1.54) is 22.1 Å². The molecule has 0 unspecified atom stereocenters. The number of anilines is 3. The minimum atomic E-state index is -0.315. The van der Waals surface area contributed by atoms with Crippen LogP contribution in [0.15, 0.2) is 182 Å². The second kappa shape index (κ2) is 15.5. The van der Waals surface area contributed by atoms with Crippen LogP contribution in [-0.2, 0) is 31.9 Å². The van der Waals surface area contributed by atoms with Gasteiger partial charge in [0.1, 0.15) is 11.5 Å². The Morgan fingerprint density at radius 1 is 0.571 bits per heavy atom. The van der Waals surface area contributed by atoms with Gasteiger partial charge in [0.15, 0.2) is 0 Å². The maximum Gasteiger partial charge on any atom is 2.00 e. The molecule has 308 valence electrons. The van der Waals surface area contributed by atoms with Gasteiger partial charge in [-0.15, -0.1) is 35.2 Å². The Hall–Kier alpha value is -6.81. The van der Waals surface area contributed by atoms with E-state index < -0.39 is 0 Å². The molecule has 0 bridgehead atoms. The summed E-state index contributed by atoms with van der Waals surface area (Å²) in [4.78, 5) is 7.32. The normalized spacial score (nSPS) is 13.1. The molecule has 4 heterocycles. The Labute approximate surface area is 383 Å². The van der Waals surface area contributed by atoms with Crippen LogP contribution in [0, 0.1) is 12.1 Å². The fraction of sp³-hybridized carbons (Fsp3) is 0.123. The third-order valence-corrected chi connectivity index (χ3v) is 12.5. The van der Waals surface area contributed by atoms with Gasteiger partial charge in [0, 0.05) is 34.1 Å². The first-order valence-electron chi connectivity index (χ1n) is 21.4. The van der Waals surface area contributed by atoms with Crippen LogP contribution in [0.3, 0.4) is 0 Å². The minimum absolute atomic E-state index is 0. The van der Waals surface area contributed by atoms with Gasteiger partial charge < -0.3 is 9.47 Å². The molecule has 0 N–H and O–H groups in total. The maximum absolute atomic E-state index is 5.51. The number of fused-ring (bicyclic) bond motifs is 5. The van der Waals surface area contributed by atoms with Crippen molar-refractivity contribution in [2.75, 3.05) is 4.90 Å². The summed E-state index contributed by atoms with van der Waals surface area (Å²) in [5, 5.41) is 7.81. The average Bonchev–Trinajstić information content (AvgIpc) is 3.87. The van der Waals surface area contributed by atoms with Crippen molar-refractivity contribution >= 4 is 38.9 Å². The SMILES string of the molecule is CC(C)(C)c1ccnc(-n2c3[c-]c(N4c5[c-]c(-n6nc(-c7ccccc7)c(-c7ccccc7)c6-c6ccccc6)ccc5C(C)(C)c5ccccc54)ccc3c3ccccc32)c1.[Pt+2]. The zero-order valence-electron chi connectivity index (χ0n) is 35.9. The number of nitrogens with zero attached hydrogens (tertiary/aromatic N) is 5. The Morgan fingerprint density at radius 2 is 1.21 bits per heavy atom. The molecule has 6 heteroatoms. The predicted molar refractivity (Wildman–Crippen MR) is 255 cm³/mol. The van der Waals surface area contributed by atoms with Crippen LogP contribution < -0.4 is 4.90 Å². The Bertz CT molecular complexity index is 3300. The molecule has 0 atom stereocenters. The van der Waals surface area contributed by atoms with Crippen LogP contribution >= 0.6 is 0 Å². The summed E-state index contributed by atoms with van der Waals surface area (Å²) >= 11 is 0. The van der Waals surface area contributed by atoms with Crippen molar-refractivity contribution in [2.45, 2.75) is 45.4 Å². The number of rotatable bonds is 6. The van der Waals surface area contributed by atoms with Gasteiger partial charge in [-0.05, 0) is 62.9 Å². The summed E-state index contributed by atoms with van der Waals surface area (Å²) in [7, 11) is 0. The van der Waals surface area contributed by atoms with Crippen LogP contribution in [0.1, 0.15) is 51.3 Å². The smallest absolute Gasteiger partial charge is 0.358 e. The first-order chi connectivity index (χ1) is 30.2. The molecule has 0 amide bonds. The van der Waals surface area contributed by atoms with Crippen LogP contribution in [0.25, 0.3) is 67.0 Å². The Kier molecular flexibility index (Phi) is 9.92. The summed E-state index contributed by atoms with van der Waals surface area (Å²) in [5.41, 5.74) is 15.4. The van der Waals surface area contributed by atoms with Crippen LogP contribution in [-0.4, -0.2) is 19.3 Å². The van der Waals surface area contributed by atoms with E-state index in [9.17, 15) is 0 Å². The molecule has 7 aromatic carbocycles. The Morgan fingerprint density at radius 3 is 1.94 bits per heavy atom. The summed E-state index contributed by atoms with van der Waals surface area (Å²) < 4.78 is 4.38. The molecular formula is C57H45N5Pt. The third kappa shape index (κ3) is 6.65. The number of pyridine rings is 1. The molecule has 0 radical (unpaired) electrons. The molecule has 0 aliphatic carbocycles. The van der Waals surface area contributed by atoms with Gasteiger partial charge >= 0.3 is 21.1 Å². The molecule has 11 rings (SSSR count). The van der Waals surface area contributed by atoms with Crippen molar-refractivity contribution in [3.8, 4) is 45.1 Å². The van der Waals surface area contributed by atoms with E-state index in [1.807, 2.05) is 6.20 Å². The third-order valence-electron chi connectivity index (χ3n) is 12.5. The summed E-state index contributed by atoms with van der Waals surface area (Å²) in [6.45, 7) is 11.4. The molecule has 0 spiro atoms. The fourth-order valence-electron chi connectivity index (χ4n) is 9.38. The number of hydrogen-bond donors (Lipinski definition) is 0. The van der Waals surface area contributed by atoms with Gasteiger partial charge in [-0.2, -0.15) is 17.2 Å². The van der Waals surface area contributed by atoms with E-state index in [2.05, 4.69) is 237 Å². The quantitative estimate of drug-likeness (QED) is 0.156. The van der Waals surface area contributed by atoms with Gasteiger partial charge in [0.2, 0.25) is 0 Å². The zero-order valence-corrected chi connectivity index (χ0v) is 38.1. The molecule has 0 saturated heterocycles. The van der Waals surface area contributed by atoms with Crippen LogP contribution in [0.5, 0.6) is 0 Å². The average molecular weight is 995 g/mol. The van der Waals surface area contributed by atoms with Gasteiger partial charge in [-0.3, -0.25) is 4.68 Å². The maximum atomic E-state index is 5.51. The van der Waals surface area contributed by atoms with Crippen LogP contribution in [0.2, 0.25) is 0 Å². The van der Waals surface area contributed by atoms with Crippen molar-refractivity contribution < 1.29 is 21.1 Å². The minimum Gasteiger partial charge on any atom is -0.358 e. The van der Waals surface area contributed by atoms with E-state index in [-0.39, 0.29) is 31.9 Å². The van der Waals surface area contributed by atoms with Crippen molar-refractivity contribution in [1.29, 1.82) is 0 Å². The van der Waals surface area contributed by atoms with Crippen molar-refractivity contribution in [1.82, 2.24) is 19.3 Å². The molecule has 3 aromatic heterocycles. The van der Waals surface area contributed by atoms with Crippen LogP contribution in [0.4, 0.5) is 17.1 Å². The summed E-state index contributed by atoms with van der Waals surface area (Å²) in [6, 6.07) is 70.4. The monoisotopic (exact) mass is 994 g/mol. The molecule has 1 aliphatic rings. The topological polar surface area (TPSA) is 38.9 Å². The number of para-hydroxylation sites is 2. The molecule has 63 heavy (non-hydrogen) atoms. The number of aromatic nitrogens is 4. The van der Waals surface area contributed by atoms with Gasteiger partial charge in [0.05, 0.1) is 5.69 Å². The number of benzene rings is 7. The van der Waals surface area contributed by atoms with Crippen molar-refractivity contribution in [2.24, 2.45) is 0 Å². The molecule has 0 fully saturated rings. The van der Waals surface area contributed by atoms with Gasteiger partial charge in [0.25, 0.3) is 0 Å². The van der Waals surface area contributed by atoms with E-state index in [1.54, 1.807) is 0 Å². The first-order valence-corrected chi connectivity index (χ1v) is 21.4. The van der Waals surface area contributed by atoms with E-state index in [4.69, 9.17) is 10.1 Å². The number of hydrogen-bond acceptors (Lipinski definition) is 3. The van der Waals surface area contributed by atoms with Crippen molar-refractivity contribution in [3.05, 3.63) is 211 Å². The van der Waals surface area contributed by atoms with E-state index in [0.29, 0.717) is 0 Å². The summed E-state index contributed by atoms with van der Waals surface area (Å²) in [5.74, 6) is 0.877. The molecule has 10 aromatic rings. The van der Waals surface area contributed by atoms with E-state index in [0.717, 1.165) is 78.6 Å². The van der Waals surface area contributed by atoms with Gasteiger partial charge in [-0.25, -0.2) is 4.98 Å². The fourth-order valence-corrected chi connectivity index (χ4v) is 9.38. The second-order valence-electron chi connectivity index (χ2n) is 17.8. The second-order valence-corrected chi connectivity index (χ2v) is 17.8. The first kappa shape index (κ1) is 40.3. The predicted octanol–water partition coefficient (Wildman–Crippen LogP) is 14.4. The summed E-state index contributed by atoms with van der Waals surface area (Å²) in [6.07, 6.45) is 1.93. The molecule has 1 aliphatic heterocycles. The largest absolute Gasteiger partial charge is 2.00 e. The molecule has 5 nitrogen and oxygen atoms in total. The van der Waals surface area contributed by atoms with Gasteiger partial charge in [-0.1, -0.05) is 179 Å². The molecular weight excluding hydrogens is 950 g/mol. The van der Waals surface area contributed by atoms with E-state index >= 15 is 0 Å². The molecule has 0 saturated carbocycles. The van der Waals surface area contributed by atoms with Crippen molar-refractivity contribution in [3.63, 3.8) is 0 Å². The Balaban J connectivity index is 0.00000471. The zero-order chi connectivity index (χ0) is 42.2. The standard InChI is InChI=1S/C57H45N5.Pt/c1-56(2,3)41-33-34-58-52(35-41)61-48-27-17-15-25-44(48)45-31-29-42(36-50(45)61)60-49-28-18-16-26-46(49)57(4,5)47-32-30-43(37-51(47)60)62-55(40-23-13-8-14-24-40)53(38-19-9-6-10-20-38)54(59-62)39-21-11-7-12-22-39;/h6-35H,1-5H3;/q-2;+2.